The first-order valence-electron chi connectivity index (χ1n) is 8.27. The van der Waals surface area contributed by atoms with Gasteiger partial charge in [0, 0.05) is 18.0 Å². The third kappa shape index (κ3) is 4.25. The number of carbonyl (C=O) groups is 2. The molecule has 2 aliphatic rings. The van der Waals surface area contributed by atoms with Gasteiger partial charge in [0.15, 0.2) is 6.61 Å². The lowest BCUT2D eigenvalue weighted by Gasteiger charge is -2.20. The molecule has 1 amide bonds. The first-order valence-corrected chi connectivity index (χ1v) is 8.65. The largest absolute Gasteiger partial charge is 0.456 e. The number of halogens is 1. The number of nitrogens with one attached hydrogen (secondary N) is 1. The zero-order valence-electron chi connectivity index (χ0n) is 13.1. The number of benzene rings is 1. The van der Waals surface area contributed by atoms with E-state index in [-0.39, 0.29) is 18.5 Å². The van der Waals surface area contributed by atoms with Crippen LogP contribution in [-0.2, 0) is 20.9 Å². The van der Waals surface area contributed by atoms with Gasteiger partial charge in [-0.05, 0) is 48.6 Å². The Labute approximate surface area is 141 Å². The molecule has 0 saturated heterocycles. The van der Waals surface area contributed by atoms with Crippen LogP contribution in [0, 0.1) is 17.8 Å². The highest BCUT2D eigenvalue weighted by atomic mass is 35.5. The van der Waals surface area contributed by atoms with E-state index in [9.17, 15) is 9.59 Å². The lowest BCUT2D eigenvalue weighted by Crippen LogP contribution is -2.29. The lowest BCUT2D eigenvalue weighted by molar-refractivity contribution is -0.149. The van der Waals surface area contributed by atoms with E-state index < -0.39 is 0 Å². The molecule has 4 nitrogen and oxygen atoms in total. The molecule has 0 heterocycles. The molecule has 3 rings (SSSR count). The van der Waals surface area contributed by atoms with Gasteiger partial charge in [0.1, 0.15) is 0 Å². The van der Waals surface area contributed by atoms with Crippen LogP contribution in [0.25, 0.3) is 0 Å². The quantitative estimate of drug-likeness (QED) is 0.811. The van der Waals surface area contributed by atoms with Crippen molar-refractivity contribution in [2.75, 3.05) is 6.61 Å². The molecule has 2 saturated carbocycles. The summed E-state index contributed by atoms with van der Waals surface area (Å²) >= 11 is 6.02. The maximum atomic E-state index is 11.9. The molecule has 2 fully saturated rings. The number of amides is 1. The van der Waals surface area contributed by atoms with Gasteiger partial charge in [-0.15, -0.1) is 0 Å². The molecule has 2 aliphatic carbocycles. The lowest BCUT2D eigenvalue weighted by atomic mass is 9.86. The molecule has 1 aromatic carbocycles. The van der Waals surface area contributed by atoms with E-state index in [4.69, 9.17) is 16.3 Å². The fraction of sp³-hybridized carbons (Fsp3) is 0.556. The van der Waals surface area contributed by atoms with Crippen LogP contribution in [0.15, 0.2) is 24.3 Å². The maximum Gasteiger partial charge on any atom is 0.306 e. The molecule has 0 aromatic heterocycles. The molecule has 2 bridgehead atoms. The van der Waals surface area contributed by atoms with Crippen LogP contribution in [-0.4, -0.2) is 18.5 Å². The van der Waals surface area contributed by atoms with Gasteiger partial charge in [-0.3, -0.25) is 9.59 Å². The van der Waals surface area contributed by atoms with E-state index in [0.717, 1.165) is 17.9 Å². The van der Waals surface area contributed by atoms with E-state index in [1.807, 2.05) is 18.2 Å². The van der Waals surface area contributed by atoms with Gasteiger partial charge in [0.05, 0.1) is 0 Å². The Morgan fingerprint density at radius 3 is 2.74 bits per heavy atom. The van der Waals surface area contributed by atoms with Crippen LogP contribution in [0.2, 0.25) is 5.02 Å². The summed E-state index contributed by atoms with van der Waals surface area (Å²) in [6.07, 6.45) is 5.45. The van der Waals surface area contributed by atoms with Gasteiger partial charge in [-0.1, -0.05) is 36.2 Å². The Kier molecular flexibility index (Phi) is 5.21. The van der Waals surface area contributed by atoms with Crippen LogP contribution >= 0.6 is 11.6 Å². The van der Waals surface area contributed by atoms with Crippen molar-refractivity contribution in [2.24, 2.45) is 17.8 Å². The van der Waals surface area contributed by atoms with E-state index in [2.05, 4.69) is 5.32 Å². The number of esters is 1. The topological polar surface area (TPSA) is 55.4 Å². The summed E-state index contributed by atoms with van der Waals surface area (Å²) in [6, 6.07) is 7.33. The van der Waals surface area contributed by atoms with Crippen molar-refractivity contribution in [1.82, 2.24) is 5.32 Å². The molecule has 0 aliphatic heterocycles. The van der Waals surface area contributed by atoms with E-state index in [1.54, 1.807) is 6.07 Å². The third-order valence-electron chi connectivity index (χ3n) is 5.11. The molecule has 0 radical (unpaired) electrons. The molecule has 0 spiro atoms. The highest BCUT2D eigenvalue weighted by Crippen LogP contribution is 2.49. The van der Waals surface area contributed by atoms with Crippen LogP contribution in [0.1, 0.15) is 37.7 Å². The molecular weight excluding hydrogens is 314 g/mol. The Morgan fingerprint density at radius 2 is 2.04 bits per heavy atom. The number of hydrogen-bond donors (Lipinski definition) is 1. The fourth-order valence-electron chi connectivity index (χ4n) is 3.93. The number of rotatable bonds is 6. The van der Waals surface area contributed by atoms with E-state index in [0.29, 0.717) is 29.8 Å². The van der Waals surface area contributed by atoms with Crippen molar-refractivity contribution in [3.05, 3.63) is 34.9 Å². The molecule has 5 heteroatoms. The summed E-state index contributed by atoms with van der Waals surface area (Å²) in [7, 11) is 0. The molecular formula is C18H22ClNO3. The minimum Gasteiger partial charge on any atom is -0.456 e. The molecule has 1 N–H and O–H groups in total. The Hall–Kier alpha value is -1.55. The van der Waals surface area contributed by atoms with Gasteiger partial charge in [0.2, 0.25) is 0 Å². The predicted octanol–water partition coefficient (Wildman–Crippen LogP) is 3.33. The van der Waals surface area contributed by atoms with Crippen molar-refractivity contribution >= 4 is 23.5 Å². The van der Waals surface area contributed by atoms with Crippen LogP contribution in [0.3, 0.4) is 0 Å². The first-order chi connectivity index (χ1) is 11.1. The molecule has 23 heavy (non-hydrogen) atoms. The SMILES string of the molecule is O=C(COC(=O)C[C@H]1C[C@H]2CC[C@@H]1C2)NCc1ccccc1Cl. The number of fused-ring (bicyclic) bond motifs is 2. The van der Waals surface area contributed by atoms with Gasteiger partial charge in [-0.2, -0.15) is 0 Å². The summed E-state index contributed by atoms with van der Waals surface area (Å²) in [4.78, 5) is 23.7. The van der Waals surface area contributed by atoms with Crippen molar-refractivity contribution < 1.29 is 14.3 Å². The second-order valence-electron chi connectivity index (χ2n) is 6.67. The average Bonchev–Trinajstić information content (AvgIpc) is 3.15. The van der Waals surface area contributed by atoms with Crippen molar-refractivity contribution in [3.63, 3.8) is 0 Å². The molecule has 0 unspecified atom stereocenters. The Morgan fingerprint density at radius 1 is 1.22 bits per heavy atom. The monoisotopic (exact) mass is 335 g/mol. The van der Waals surface area contributed by atoms with Gasteiger partial charge in [-0.25, -0.2) is 0 Å². The second kappa shape index (κ2) is 7.35. The van der Waals surface area contributed by atoms with Crippen LogP contribution in [0.4, 0.5) is 0 Å². The summed E-state index contributed by atoms with van der Waals surface area (Å²) in [6.45, 7) is 0.118. The fourth-order valence-corrected chi connectivity index (χ4v) is 4.13. The highest BCUT2D eigenvalue weighted by Gasteiger charge is 2.40. The smallest absolute Gasteiger partial charge is 0.306 e. The second-order valence-corrected chi connectivity index (χ2v) is 7.08. The van der Waals surface area contributed by atoms with Crippen molar-refractivity contribution in [1.29, 1.82) is 0 Å². The normalized spacial score (nSPS) is 25.3. The van der Waals surface area contributed by atoms with Gasteiger partial charge >= 0.3 is 5.97 Å². The minimum atomic E-state index is -0.300. The summed E-state index contributed by atoms with van der Waals surface area (Å²) in [5.41, 5.74) is 0.843. The molecule has 3 atom stereocenters. The zero-order chi connectivity index (χ0) is 16.2. The first kappa shape index (κ1) is 16.3. The Bertz CT molecular complexity index is 589. The summed E-state index contributed by atoms with van der Waals surface area (Å²) in [5.74, 6) is 1.42. The predicted molar refractivity (Wildman–Crippen MR) is 87.8 cm³/mol. The Balaban J connectivity index is 1.35. The van der Waals surface area contributed by atoms with Gasteiger partial charge in [0.25, 0.3) is 5.91 Å². The maximum absolute atomic E-state index is 11.9. The van der Waals surface area contributed by atoms with Crippen LogP contribution < -0.4 is 5.32 Å². The van der Waals surface area contributed by atoms with Crippen LogP contribution in [0.5, 0.6) is 0 Å². The molecule has 124 valence electrons. The highest BCUT2D eigenvalue weighted by molar-refractivity contribution is 6.31. The third-order valence-corrected chi connectivity index (χ3v) is 5.48. The summed E-state index contributed by atoms with van der Waals surface area (Å²) in [5, 5.41) is 3.33. The van der Waals surface area contributed by atoms with Gasteiger partial charge < -0.3 is 10.1 Å². The number of carbonyl (C=O) groups excluding carboxylic acids is 2. The number of hydrogen-bond acceptors (Lipinski definition) is 3. The average molecular weight is 336 g/mol. The van der Waals surface area contributed by atoms with E-state index >= 15 is 0 Å². The van der Waals surface area contributed by atoms with Crippen molar-refractivity contribution in [3.8, 4) is 0 Å². The minimum absolute atomic E-state index is 0.218. The number of ether oxygens (including phenoxy) is 1. The molecule has 1 aromatic rings. The van der Waals surface area contributed by atoms with Crippen molar-refractivity contribution in [2.45, 2.75) is 38.6 Å². The standard InChI is InChI=1S/C18H22ClNO3/c19-16-4-2-1-3-14(16)10-20-17(21)11-23-18(22)9-15-8-12-5-6-13(15)7-12/h1-4,12-13,15H,5-11H2,(H,20,21)/t12-,13+,15+/m0/s1. The summed E-state index contributed by atoms with van der Waals surface area (Å²) < 4.78 is 5.11. The van der Waals surface area contributed by atoms with E-state index in [1.165, 1.54) is 19.3 Å². The zero-order valence-corrected chi connectivity index (χ0v) is 13.8.